The summed E-state index contributed by atoms with van der Waals surface area (Å²) < 4.78 is 28.2. The first-order chi connectivity index (χ1) is 17.1. The second kappa shape index (κ2) is 8.55. The fourth-order valence-electron chi connectivity index (χ4n) is 4.53. The zero-order chi connectivity index (χ0) is 23.9. The van der Waals surface area contributed by atoms with E-state index in [1.54, 1.807) is 41.4 Å². The van der Waals surface area contributed by atoms with Crippen LogP contribution in [0.5, 0.6) is 0 Å². The molecule has 1 aliphatic rings. The van der Waals surface area contributed by atoms with Gasteiger partial charge in [-0.25, -0.2) is 24.1 Å². The number of esters is 1. The Bertz CT molecular complexity index is 1570. The highest BCUT2D eigenvalue weighted by Crippen LogP contribution is 2.33. The van der Waals surface area contributed by atoms with Gasteiger partial charge in [0.15, 0.2) is 5.65 Å². The molecule has 1 saturated heterocycles. The van der Waals surface area contributed by atoms with E-state index in [-0.39, 0.29) is 11.9 Å². The Labute approximate surface area is 199 Å². The molecular formula is C25H21FN6O3. The molecule has 0 amide bonds. The summed E-state index contributed by atoms with van der Waals surface area (Å²) in [4.78, 5) is 30.7. The Morgan fingerprint density at radius 1 is 1.09 bits per heavy atom. The van der Waals surface area contributed by atoms with Gasteiger partial charge in [-0.05, 0) is 37.1 Å². The van der Waals surface area contributed by atoms with Gasteiger partial charge in [0.05, 0.1) is 29.9 Å². The number of hydrogen-bond acceptors (Lipinski definition) is 7. The van der Waals surface area contributed by atoms with Gasteiger partial charge in [-0.2, -0.15) is 4.98 Å². The minimum Gasteiger partial charge on any atom is -0.465 e. The highest BCUT2D eigenvalue weighted by atomic mass is 19.1. The van der Waals surface area contributed by atoms with Crippen LogP contribution in [-0.4, -0.2) is 55.4 Å². The van der Waals surface area contributed by atoms with Gasteiger partial charge in [0.2, 0.25) is 5.95 Å². The van der Waals surface area contributed by atoms with Crippen molar-refractivity contribution < 1.29 is 18.7 Å². The molecule has 0 spiro atoms. The number of halogens is 1. The number of rotatable bonds is 4. The van der Waals surface area contributed by atoms with Gasteiger partial charge in [-0.3, -0.25) is 4.57 Å². The summed E-state index contributed by atoms with van der Waals surface area (Å²) >= 11 is 0. The molecule has 0 saturated carbocycles. The van der Waals surface area contributed by atoms with Gasteiger partial charge in [-0.15, -0.1) is 0 Å². The van der Waals surface area contributed by atoms with E-state index in [4.69, 9.17) is 19.4 Å². The van der Waals surface area contributed by atoms with Crippen LogP contribution in [0, 0.1) is 5.82 Å². The smallest absolute Gasteiger partial charge is 0.337 e. The van der Waals surface area contributed by atoms with Crippen molar-refractivity contribution in [2.24, 2.45) is 0 Å². The van der Waals surface area contributed by atoms with Crippen molar-refractivity contribution in [3.8, 4) is 17.3 Å². The third-order valence-electron chi connectivity index (χ3n) is 6.24. The zero-order valence-corrected chi connectivity index (χ0v) is 18.9. The van der Waals surface area contributed by atoms with Crippen LogP contribution >= 0.6 is 0 Å². The van der Waals surface area contributed by atoms with E-state index in [2.05, 4.69) is 14.5 Å². The average Bonchev–Trinajstić information content (AvgIpc) is 3.49. The average molecular weight is 472 g/mol. The molecular weight excluding hydrogens is 451 g/mol. The van der Waals surface area contributed by atoms with E-state index in [1.165, 1.54) is 19.2 Å². The maximum Gasteiger partial charge on any atom is 0.337 e. The quantitative estimate of drug-likeness (QED) is 0.363. The van der Waals surface area contributed by atoms with Crippen LogP contribution in [0.4, 0.5) is 4.39 Å². The summed E-state index contributed by atoms with van der Waals surface area (Å²) in [5.74, 6) is 0.279. The van der Waals surface area contributed by atoms with E-state index < -0.39 is 5.97 Å². The van der Waals surface area contributed by atoms with Gasteiger partial charge in [0.1, 0.15) is 23.5 Å². The summed E-state index contributed by atoms with van der Waals surface area (Å²) in [6, 6.07) is 11.7. The molecule has 0 N–H and O–H groups in total. The standard InChI is InChI=1S/C25H21FN6O3/c1-34-24(33)16-4-2-3-15(11-16)22-29-20-13-27-25(30-23(20)32(22)18-7-9-35-10-8-18)31-14-28-19-6-5-17(26)12-21(19)31/h2-6,11-14,18H,7-10H2,1H3. The van der Waals surface area contributed by atoms with Crippen LogP contribution < -0.4 is 0 Å². The van der Waals surface area contributed by atoms with E-state index in [0.29, 0.717) is 52.7 Å². The summed E-state index contributed by atoms with van der Waals surface area (Å²) in [5.41, 5.74) is 3.71. The van der Waals surface area contributed by atoms with Crippen LogP contribution in [0.3, 0.4) is 0 Å². The third kappa shape index (κ3) is 3.71. The largest absolute Gasteiger partial charge is 0.465 e. The number of aromatic nitrogens is 6. The first-order valence-corrected chi connectivity index (χ1v) is 11.3. The number of carbonyl (C=O) groups excluding carboxylic acids is 1. The lowest BCUT2D eigenvalue weighted by molar-refractivity contribution is 0.0600. The Kier molecular flexibility index (Phi) is 5.22. The molecule has 6 rings (SSSR count). The summed E-state index contributed by atoms with van der Waals surface area (Å²) in [5, 5.41) is 0. The van der Waals surface area contributed by atoms with E-state index in [0.717, 1.165) is 18.4 Å². The SMILES string of the molecule is COC(=O)c1cccc(-c2nc3cnc(-n4cnc5ccc(F)cc54)nc3n2C2CCOCC2)c1. The fraction of sp³-hybridized carbons (Fsp3) is 0.240. The molecule has 1 fully saturated rings. The second-order valence-corrected chi connectivity index (χ2v) is 8.35. The van der Waals surface area contributed by atoms with Gasteiger partial charge in [0, 0.05) is 30.9 Å². The number of imidazole rings is 2. The summed E-state index contributed by atoms with van der Waals surface area (Å²) in [6.07, 6.45) is 4.84. The van der Waals surface area contributed by atoms with E-state index >= 15 is 0 Å². The van der Waals surface area contributed by atoms with Crippen molar-refractivity contribution >= 4 is 28.2 Å². The Balaban J connectivity index is 1.55. The number of methoxy groups -OCH3 is 1. The molecule has 2 aromatic carbocycles. The highest BCUT2D eigenvalue weighted by Gasteiger charge is 2.25. The predicted molar refractivity (Wildman–Crippen MR) is 126 cm³/mol. The molecule has 3 aromatic heterocycles. The molecule has 35 heavy (non-hydrogen) atoms. The van der Waals surface area contributed by atoms with Crippen molar-refractivity contribution in [3.05, 3.63) is 66.4 Å². The maximum absolute atomic E-state index is 13.9. The van der Waals surface area contributed by atoms with E-state index in [1.807, 2.05) is 6.07 Å². The lowest BCUT2D eigenvalue weighted by atomic mass is 10.1. The van der Waals surface area contributed by atoms with Gasteiger partial charge < -0.3 is 14.0 Å². The van der Waals surface area contributed by atoms with Crippen molar-refractivity contribution in [1.82, 2.24) is 29.1 Å². The topological polar surface area (TPSA) is 97.0 Å². The van der Waals surface area contributed by atoms with Crippen molar-refractivity contribution in [2.45, 2.75) is 18.9 Å². The molecule has 1 aliphatic heterocycles. The Morgan fingerprint density at radius 3 is 2.77 bits per heavy atom. The normalized spacial score (nSPS) is 14.6. The lowest BCUT2D eigenvalue weighted by Gasteiger charge is -2.25. The lowest BCUT2D eigenvalue weighted by Crippen LogP contribution is -2.20. The van der Waals surface area contributed by atoms with Crippen molar-refractivity contribution in [3.63, 3.8) is 0 Å². The minimum atomic E-state index is -0.415. The number of hydrogen-bond donors (Lipinski definition) is 0. The number of fused-ring (bicyclic) bond motifs is 2. The molecule has 5 aromatic rings. The molecule has 176 valence electrons. The minimum absolute atomic E-state index is 0.102. The second-order valence-electron chi connectivity index (χ2n) is 8.35. The molecule has 4 heterocycles. The number of carbonyl (C=O) groups is 1. The van der Waals surface area contributed by atoms with Crippen LogP contribution in [0.25, 0.3) is 39.5 Å². The van der Waals surface area contributed by atoms with Crippen molar-refractivity contribution in [2.75, 3.05) is 20.3 Å². The number of nitrogens with zero attached hydrogens (tertiary/aromatic N) is 6. The van der Waals surface area contributed by atoms with E-state index in [9.17, 15) is 9.18 Å². The van der Waals surface area contributed by atoms with Crippen LogP contribution in [-0.2, 0) is 9.47 Å². The molecule has 10 heteroatoms. The molecule has 9 nitrogen and oxygen atoms in total. The molecule has 0 unspecified atom stereocenters. The molecule has 0 atom stereocenters. The molecule has 0 bridgehead atoms. The number of benzene rings is 2. The van der Waals surface area contributed by atoms with Gasteiger partial charge in [-0.1, -0.05) is 12.1 Å². The fourth-order valence-corrected chi connectivity index (χ4v) is 4.53. The maximum atomic E-state index is 13.9. The summed E-state index contributed by atoms with van der Waals surface area (Å²) in [7, 11) is 1.36. The van der Waals surface area contributed by atoms with Gasteiger partial charge in [0.25, 0.3) is 0 Å². The van der Waals surface area contributed by atoms with Crippen LogP contribution in [0.1, 0.15) is 29.2 Å². The number of ether oxygens (including phenoxy) is 2. The first-order valence-electron chi connectivity index (χ1n) is 11.3. The Morgan fingerprint density at radius 2 is 1.94 bits per heavy atom. The molecule has 0 aliphatic carbocycles. The Hall–Kier alpha value is -4.18. The third-order valence-corrected chi connectivity index (χ3v) is 6.24. The van der Waals surface area contributed by atoms with Crippen LogP contribution in [0.15, 0.2) is 55.0 Å². The first kappa shape index (κ1) is 21.4. The zero-order valence-electron chi connectivity index (χ0n) is 18.9. The monoisotopic (exact) mass is 472 g/mol. The molecule has 0 radical (unpaired) electrons. The van der Waals surface area contributed by atoms with Crippen molar-refractivity contribution in [1.29, 1.82) is 0 Å². The summed E-state index contributed by atoms with van der Waals surface area (Å²) in [6.45, 7) is 1.27. The highest BCUT2D eigenvalue weighted by molar-refractivity contribution is 5.91. The van der Waals surface area contributed by atoms with Crippen LogP contribution in [0.2, 0.25) is 0 Å². The van der Waals surface area contributed by atoms with Gasteiger partial charge >= 0.3 is 5.97 Å². The predicted octanol–water partition coefficient (Wildman–Crippen LogP) is 4.11.